The Morgan fingerprint density at radius 2 is 2.00 bits per heavy atom. The highest BCUT2D eigenvalue weighted by Gasteiger charge is 2.25. The summed E-state index contributed by atoms with van der Waals surface area (Å²) in [7, 11) is 0. The largest absolute Gasteiger partial charge is 0.436 e. The molecule has 1 aliphatic rings. The number of aromatic nitrogens is 1. The summed E-state index contributed by atoms with van der Waals surface area (Å²) in [6, 6.07) is 0. The third-order valence-electron chi connectivity index (χ3n) is 3.17. The molecule has 0 aromatic carbocycles. The predicted octanol–water partition coefficient (Wildman–Crippen LogP) is 2.16. The zero-order valence-corrected chi connectivity index (χ0v) is 10.1. The average molecular weight is 222 g/mol. The number of hydrogen-bond acceptors (Lipinski definition) is 3. The van der Waals surface area contributed by atoms with Crippen molar-refractivity contribution in [2.75, 3.05) is 13.1 Å². The van der Waals surface area contributed by atoms with Gasteiger partial charge in [0.2, 0.25) is 5.76 Å². The number of nitrogens with zero attached hydrogens (tertiary/aromatic N) is 2. The van der Waals surface area contributed by atoms with E-state index in [9.17, 15) is 4.79 Å². The van der Waals surface area contributed by atoms with Crippen molar-refractivity contribution in [1.82, 2.24) is 9.88 Å². The molecule has 4 heteroatoms. The van der Waals surface area contributed by atoms with E-state index in [1.54, 1.807) is 6.92 Å². The molecular weight excluding hydrogens is 204 g/mol. The molecule has 0 N–H and O–H groups in total. The quantitative estimate of drug-likeness (QED) is 0.731. The van der Waals surface area contributed by atoms with Gasteiger partial charge >= 0.3 is 0 Å². The van der Waals surface area contributed by atoms with Crippen LogP contribution in [0.15, 0.2) is 4.42 Å². The molecule has 0 spiro atoms. The smallest absolute Gasteiger partial charge is 0.291 e. The fraction of sp³-hybridized carbons (Fsp3) is 0.667. The van der Waals surface area contributed by atoms with Crippen LogP contribution >= 0.6 is 0 Å². The van der Waals surface area contributed by atoms with Crippen LogP contribution in [0.4, 0.5) is 0 Å². The molecule has 1 aliphatic heterocycles. The Morgan fingerprint density at radius 1 is 1.38 bits per heavy atom. The molecule has 1 aromatic rings. The standard InChI is InChI=1S/C12H18N2O2/c1-8-4-6-14(7-5-8)12(15)11-9(2)13-10(3)16-11/h8H,4-7H2,1-3H3. The van der Waals surface area contributed by atoms with Crippen molar-refractivity contribution in [2.45, 2.75) is 33.6 Å². The maximum absolute atomic E-state index is 12.1. The fourth-order valence-electron chi connectivity index (χ4n) is 2.09. The predicted molar refractivity (Wildman–Crippen MR) is 60.3 cm³/mol. The van der Waals surface area contributed by atoms with Gasteiger partial charge in [-0.15, -0.1) is 0 Å². The SMILES string of the molecule is Cc1nc(C)c(C(=O)N2CCC(C)CC2)o1. The van der Waals surface area contributed by atoms with Gasteiger partial charge in [0.05, 0.1) is 5.69 Å². The van der Waals surface area contributed by atoms with Gasteiger partial charge in [-0.2, -0.15) is 0 Å². The molecule has 1 fully saturated rings. The van der Waals surface area contributed by atoms with Gasteiger partial charge < -0.3 is 9.32 Å². The molecule has 0 saturated carbocycles. The van der Waals surface area contributed by atoms with E-state index in [1.165, 1.54) is 0 Å². The number of aryl methyl sites for hydroxylation is 2. The summed E-state index contributed by atoms with van der Waals surface area (Å²) < 4.78 is 5.35. The highest BCUT2D eigenvalue weighted by Crippen LogP contribution is 2.19. The van der Waals surface area contributed by atoms with E-state index in [0.29, 0.717) is 17.3 Å². The summed E-state index contributed by atoms with van der Waals surface area (Å²) in [5.74, 6) is 1.69. The molecule has 1 amide bonds. The monoisotopic (exact) mass is 222 g/mol. The zero-order valence-electron chi connectivity index (χ0n) is 10.1. The van der Waals surface area contributed by atoms with E-state index in [2.05, 4.69) is 11.9 Å². The first kappa shape index (κ1) is 11.2. The average Bonchev–Trinajstić information content (AvgIpc) is 2.58. The maximum Gasteiger partial charge on any atom is 0.291 e. The van der Waals surface area contributed by atoms with Crippen molar-refractivity contribution in [3.8, 4) is 0 Å². The van der Waals surface area contributed by atoms with E-state index >= 15 is 0 Å². The van der Waals surface area contributed by atoms with E-state index in [4.69, 9.17) is 4.42 Å². The van der Waals surface area contributed by atoms with Crippen molar-refractivity contribution < 1.29 is 9.21 Å². The first-order chi connectivity index (χ1) is 7.58. The third kappa shape index (κ3) is 2.10. The highest BCUT2D eigenvalue weighted by atomic mass is 16.4. The molecule has 2 heterocycles. The number of oxazole rings is 1. The Kier molecular flexibility index (Phi) is 2.99. The number of amides is 1. The molecule has 0 radical (unpaired) electrons. The van der Waals surface area contributed by atoms with Crippen molar-refractivity contribution >= 4 is 5.91 Å². The molecule has 0 bridgehead atoms. The Morgan fingerprint density at radius 3 is 2.50 bits per heavy atom. The summed E-state index contributed by atoms with van der Waals surface area (Å²) in [6.07, 6.45) is 2.16. The Bertz CT molecular complexity index is 390. The minimum Gasteiger partial charge on any atom is -0.436 e. The first-order valence-corrected chi connectivity index (χ1v) is 5.81. The lowest BCUT2D eigenvalue weighted by atomic mass is 9.99. The van der Waals surface area contributed by atoms with Crippen LogP contribution in [0.5, 0.6) is 0 Å². The lowest BCUT2D eigenvalue weighted by Gasteiger charge is -2.29. The lowest BCUT2D eigenvalue weighted by molar-refractivity contribution is 0.0662. The van der Waals surface area contributed by atoms with E-state index < -0.39 is 0 Å². The molecule has 0 aliphatic carbocycles. The van der Waals surface area contributed by atoms with Crippen LogP contribution < -0.4 is 0 Å². The van der Waals surface area contributed by atoms with Gasteiger partial charge in [0.1, 0.15) is 0 Å². The maximum atomic E-state index is 12.1. The first-order valence-electron chi connectivity index (χ1n) is 5.81. The minimum absolute atomic E-state index is 0.00926. The molecule has 88 valence electrons. The molecule has 4 nitrogen and oxygen atoms in total. The summed E-state index contributed by atoms with van der Waals surface area (Å²) in [6.45, 7) is 7.47. The van der Waals surface area contributed by atoms with Crippen LogP contribution in [0.3, 0.4) is 0 Å². The van der Waals surface area contributed by atoms with Crippen molar-refractivity contribution in [2.24, 2.45) is 5.92 Å². The topological polar surface area (TPSA) is 46.3 Å². The second-order valence-corrected chi connectivity index (χ2v) is 4.62. The summed E-state index contributed by atoms with van der Waals surface area (Å²) in [5, 5.41) is 0. The van der Waals surface area contributed by atoms with Crippen molar-refractivity contribution in [3.63, 3.8) is 0 Å². The van der Waals surface area contributed by atoms with Gasteiger partial charge in [0, 0.05) is 20.0 Å². The Hall–Kier alpha value is -1.32. The van der Waals surface area contributed by atoms with Gasteiger partial charge in [0.25, 0.3) is 5.91 Å². The van der Waals surface area contributed by atoms with Gasteiger partial charge in [0.15, 0.2) is 5.89 Å². The second kappa shape index (κ2) is 4.28. The molecule has 1 aromatic heterocycles. The Balaban J connectivity index is 2.10. The van der Waals surface area contributed by atoms with Crippen LogP contribution in [0, 0.1) is 19.8 Å². The van der Waals surface area contributed by atoms with Crippen LogP contribution in [-0.2, 0) is 0 Å². The van der Waals surface area contributed by atoms with Gasteiger partial charge in [-0.25, -0.2) is 4.98 Å². The van der Waals surface area contributed by atoms with E-state index in [-0.39, 0.29) is 5.91 Å². The van der Waals surface area contributed by atoms with Crippen molar-refractivity contribution in [3.05, 3.63) is 17.3 Å². The minimum atomic E-state index is -0.00926. The zero-order chi connectivity index (χ0) is 11.7. The van der Waals surface area contributed by atoms with Crippen LogP contribution in [0.2, 0.25) is 0 Å². The number of hydrogen-bond donors (Lipinski definition) is 0. The number of carbonyl (C=O) groups is 1. The third-order valence-corrected chi connectivity index (χ3v) is 3.17. The number of piperidine rings is 1. The van der Waals surface area contributed by atoms with E-state index in [0.717, 1.165) is 31.8 Å². The number of carbonyl (C=O) groups excluding carboxylic acids is 1. The van der Waals surface area contributed by atoms with Gasteiger partial charge in [-0.3, -0.25) is 4.79 Å². The molecule has 1 saturated heterocycles. The molecular formula is C12H18N2O2. The van der Waals surface area contributed by atoms with Crippen LogP contribution in [0.25, 0.3) is 0 Å². The number of likely N-dealkylation sites (tertiary alicyclic amines) is 1. The summed E-state index contributed by atoms with van der Waals surface area (Å²) >= 11 is 0. The molecule has 2 rings (SSSR count). The second-order valence-electron chi connectivity index (χ2n) is 4.62. The van der Waals surface area contributed by atoms with Gasteiger partial charge in [-0.05, 0) is 25.7 Å². The Labute approximate surface area is 95.6 Å². The summed E-state index contributed by atoms with van der Waals surface area (Å²) in [5.41, 5.74) is 0.695. The molecule has 0 unspecified atom stereocenters. The van der Waals surface area contributed by atoms with Crippen molar-refractivity contribution in [1.29, 1.82) is 0 Å². The molecule has 16 heavy (non-hydrogen) atoms. The van der Waals surface area contributed by atoms with E-state index in [1.807, 2.05) is 11.8 Å². The highest BCUT2D eigenvalue weighted by molar-refractivity contribution is 5.92. The van der Waals surface area contributed by atoms with Crippen LogP contribution in [0.1, 0.15) is 41.9 Å². The van der Waals surface area contributed by atoms with Gasteiger partial charge in [-0.1, -0.05) is 6.92 Å². The lowest BCUT2D eigenvalue weighted by Crippen LogP contribution is -2.38. The normalized spacial score (nSPS) is 17.8. The summed E-state index contributed by atoms with van der Waals surface area (Å²) in [4.78, 5) is 18.1. The fourth-order valence-corrected chi connectivity index (χ4v) is 2.09. The van der Waals surface area contributed by atoms with Crippen LogP contribution in [-0.4, -0.2) is 28.9 Å². The number of rotatable bonds is 1. The molecule has 0 atom stereocenters.